The van der Waals surface area contributed by atoms with Crippen molar-refractivity contribution in [2.45, 2.75) is 0 Å². The van der Waals surface area contributed by atoms with Crippen LogP contribution in [0.15, 0.2) is 22.7 Å². The molecule has 0 radical (unpaired) electrons. The molecular weight excluding hydrogens is 250 g/mol. The molecule has 14 heavy (non-hydrogen) atoms. The molecule has 4 nitrogen and oxygen atoms in total. The minimum absolute atomic E-state index is 0.247. The van der Waals surface area contributed by atoms with Gasteiger partial charge >= 0.3 is 0 Å². The molecular formula is C9H8BrNO3. The number of aldehydes is 1. The van der Waals surface area contributed by atoms with Crippen LogP contribution in [0, 0.1) is 0 Å². The van der Waals surface area contributed by atoms with Gasteiger partial charge in [-0.3, -0.25) is 9.59 Å². The van der Waals surface area contributed by atoms with Gasteiger partial charge in [0.25, 0.3) is 5.91 Å². The first-order valence-electron chi connectivity index (χ1n) is 3.80. The molecule has 0 saturated carbocycles. The van der Waals surface area contributed by atoms with E-state index in [0.29, 0.717) is 22.1 Å². The maximum Gasteiger partial charge on any atom is 0.255 e. The smallest absolute Gasteiger partial charge is 0.255 e. The fourth-order valence-electron chi connectivity index (χ4n) is 0.914. The molecule has 1 rings (SSSR count). The molecule has 0 aromatic heterocycles. The average Bonchev–Trinajstić information content (AvgIpc) is 2.15. The number of halogens is 1. The van der Waals surface area contributed by atoms with Crippen LogP contribution < -0.4 is 10.5 Å². The summed E-state index contributed by atoms with van der Waals surface area (Å²) in [5.74, 6) is -0.251. The summed E-state index contributed by atoms with van der Waals surface area (Å²) in [6, 6.07) is 5.00. The second-order valence-corrected chi connectivity index (χ2v) is 3.39. The minimum Gasteiger partial charge on any atom is -0.482 e. The Morgan fingerprint density at radius 2 is 2.29 bits per heavy atom. The number of para-hydroxylation sites is 1. The van der Waals surface area contributed by atoms with Gasteiger partial charge in [-0.1, -0.05) is 6.07 Å². The van der Waals surface area contributed by atoms with Crippen LogP contribution in [-0.4, -0.2) is 18.8 Å². The van der Waals surface area contributed by atoms with Crippen molar-refractivity contribution in [3.8, 4) is 5.75 Å². The zero-order valence-electron chi connectivity index (χ0n) is 7.20. The molecule has 1 aromatic carbocycles. The first kappa shape index (κ1) is 10.7. The summed E-state index contributed by atoms with van der Waals surface area (Å²) in [6.07, 6.45) is 0.654. The average molecular weight is 258 g/mol. The Morgan fingerprint density at radius 1 is 1.57 bits per heavy atom. The Balaban J connectivity index is 2.93. The van der Waals surface area contributed by atoms with Gasteiger partial charge in [0, 0.05) is 0 Å². The lowest BCUT2D eigenvalue weighted by atomic mass is 10.2. The molecule has 0 heterocycles. The van der Waals surface area contributed by atoms with Gasteiger partial charge < -0.3 is 10.5 Å². The van der Waals surface area contributed by atoms with Crippen LogP contribution in [0.2, 0.25) is 0 Å². The van der Waals surface area contributed by atoms with Crippen molar-refractivity contribution in [2.75, 3.05) is 6.61 Å². The van der Waals surface area contributed by atoms with E-state index < -0.39 is 5.91 Å². The molecule has 0 aliphatic heterocycles. The summed E-state index contributed by atoms with van der Waals surface area (Å²) in [4.78, 5) is 21.1. The Bertz CT molecular complexity index is 365. The molecule has 2 N–H and O–H groups in total. The third-order valence-corrected chi connectivity index (χ3v) is 2.11. The number of ether oxygens (including phenoxy) is 1. The van der Waals surface area contributed by atoms with Crippen molar-refractivity contribution in [1.82, 2.24) is 0 Å². The SMILES string of the molecule is NC(=O)COc1c(Br)cccc1C=O. The number of hydrogen-bond acceptors (Lipinski definition) is 3. The first-order valence-corrected chi connectivity index (χ1v) is 4.59. The Morgan fingerprint density at radius 3 is 2.86 bits per heavy atom. The number of primary amides is 1. The van der Waals surface area contributed by atoms with E-state index in [0.717, 1.165) is 0 Å². The fraction of sp³-hybridized carbons (Fsp3) is 0.111. The third-order valence-electron chi connectivity index (χ3n) is 1.48. The van der Waals surface area contributed by atoms with Crippen molar-refractivity contribution in [3.63, 3.8) is 0 Å². The van der Waals surface area contributed by atoms with Crippen LogP contribution >= 0.6 is 15.9 Å². The van der Waals surface area contributed by atoms with Gasteiger partial charge in [0.2, 0.25) is 0 Å². The van der Waals surface area contributed by atoms with Crippen molar-refractivity contribution < 1.29 is 14.3 Å². The topological polar surface area (TPSA) is 69.4 Å². The van der Waals surface area contributed by atoms with Crippen molar-refractivity contribution >= 4 is 28.1 Å². The predicted molar refractivity (Wildman–Crippen MR) is 54.2 cm³/mol. The van der Waals surface area contributed by atoms with E-state index in [2.05, 4.69) is 15.9 Å². The Labute approximate surface area is 89.2 Å². The van der Waals surface area contributed by atoms with E-state index in [1.54, 1.807) is 18.2 Å². The van der Waals surface area contributed by atoms with Crippen LogP contribution in [0.4, 0.5) is 0 Å². The highest BCUT2D eigenvalue weighted by atomic mass is 79.9. The van der Waals surface area contributed by atoms with Gasteiger partial charge in [0.05, 0.1) is 10.0 Å². The fourth-order valence-corrected chi connectivity index (χ4v) is 1.41. The Kier molecular flexibility index (Phi) is 3.64. The van der Waals surface area contributed by atoms with Gasteiger partial charge in [-0.15, -0.1) is 0 Å². The molecule has 5 heteroatoms. The highest BCUT2D eigenvalue weighted by Crippen LogP contribution is 2.27. The van der Waals surface area contributed by atoms with Gasteiger partial charge in [0.1, 0.15) is 5.75 Å². The minimum atomic E-state index is -0.586. The van der Waals surface area contributed by atoms with Gasteiger partial charge in [-0.2, -0.15) is 0 Å². The summed E-state index contributed by atoms with van der Waals surface area (Å²) < 4.78 is 5.68. The van der Waals surface area contributed by atoms with Gasteiger partial charge in [0.15, 0.2) is 12.9 Å². The zero-order chi connectivity index (χ0) is 10.6. The number of nitrogens with two attached hydrogens (primary N) is 1. The second kappa shape index (κ2) is 4.76. The molecule has 0 aliphatic rings. The molecule has 1 aromatic rings. The highest BCUT2D eigenvalue weighted by Gasteiger charge is 2.07. The molecule has 1 amide bonds. The molecule has 0 spiro atoms. The molecule has 0 aliphatic carbocycles. The predicted octanol–water partition coefficient (Wildman–Crippen LogP) is 1.13. The highest BCUT2D eigenvalue weighted by molar-refractivity contribution is 9.10. The standard InChI is InChI=1S/C9H8BrNO3/c10-7-3-1-2-6(4-12)9(7)14-5-8(11)13/h1-4H,5H2,(H2,11,13). The van der Waals surface area contributed by atoms with Crippen LogP contribution in [-0.2, 0) is 4.79 Å². The largest absolute Gasteiger partial charge is 0.482 e. The monoisotopic (exact) mass is 257 g/mol. The Hall–Kier alpha value is -1.36. The van der Waals surface area contributed by atoms with Crippen molar-refractivity contribution in [3.05, 3.63) is 28.2 Å². The molecule has 0 bridgehead atoms. The van der Waals surface area contributed by atoms with Crippen molar-refractivity contribution in [1.29, 1.82) is 0 Å². The normalized spacial score (nSPS) is 9.50. The summed E-state index contributed by atoms with van der Waals surface area (Å²) in [5, 5.41) is 0. The van der Waals surface area contributed by atoms with E-state index in [-0.39, 0.29) is 6.61 Å². The summed E-state index contributed by atoms with van der Waals surface area (Å²) in [7, 11) is 0. The summed E-state index contributed by atoms with van der Waals surface area (Å²) in [6.45, 7) is -0.247. The number of hydrogen-bond donors (Lipinski definition) is 1. The summed E-state index contributed by atoms with van der Waals surface area (Å²) >= 11 is 3.20. The third kappa shape index (κ3) is 2.56. The summed E-state index contributed by atoms with van der Waals surface area (Å²) in [5.41, 5.74) is 5.29. The maximum atomic E-state index is 10.6. The maximum absolute atomic E-state index is 10.6. The number of amides is 1. The molecule has 0 saturated heterocycles. The first-order chi connectivity index (χ1) is 6.65. The lowest BCUT2D eigenvalue weighted by Crippen LogP contribution is -2.20. The van der Waals surface area contributed by atoms with Crippen molar-refractivity contribution in [2.24, 2.45) is 5.73 Å². The lowest BCUT2D eigenvalue weighted by molar-refractivity contribution is -0.119. The van der Waals surface area contributed by atoms with Gasteiger partial charge in [-0.05, 0) is 28.1 Å². The molecule has 74 valence electrons. The number of carbonyl (C=O) groups is 2. The zero-order valence-corrected chi connectivity index (χ0v) is 8.78. The van der Waals surface area contributed by atoms with Crippen LogP contribution in [0.5, 0.6) is 5.75 Å². The number of benzene rings is 1. The van der Waals surface area contributed by atoms with Crippen LogP contribution in [0.1, 0.15) is 10.4 Å². The van der Waals surface area contributed by atoms with E-state index in [9.17, 15) is 9.59 Å². The van der Waals surface area contributed by atoms with E-state index >= 15 is 0 Å². The van der Waals surface area contributed by atoms with Crippen LogP contribution in [0.25, 0.3) is 0 Å². The van der Waals surface area contributed by atoms with Crippen LogP contribution in [0.3, 0.4) is 0 Å². The van der Waals surface area contributed by atoms with E-state index in [1.165, 1.54) is 0 Å². The molecule has 0 fully saturated rings. The van der Waals surface area contributed by atoms with E-state index in [4.69, 9.17) is 10.5 Å². The molecule has 0 atom stereocenters. The molecule has 0 unspecified atom stereocenters. The number of carbonyl (C=O) groups excluding carboxylic acids is 2. The quantitative estimate of drug-likeness (QED) is 0.823. The lowest BCUT2D eigenvalue weighted by Gasteiger charge is -2.07. The van der Waals surface area contributed by atoms with E-state index in [1.807, 2.05) is 0 Å². The van der Waals surface area contributed by atoms with Gasteiger partial charge in [-0.25, -0.2) is 0 Å². The number of rotatable bonds is 4. The second-order valence-electron chi connectivity index (χ2n) is 2.53.